The van der Waals surface area contributed by atoms with Crippen LogP contribution >= 0.6 is 12.2 Å². The molecule has 10 nitrogen and oxygen atoms in total. The number of nitrogens with zero attached hydrogens (tertiary/aromatic N) is 3. The molecule has 0 unspecified atom stereocenters. The van der Waals surface area contributed by atoms with Crippen molar-refractivity contribution in [2.45, 2.75) is 26.3 Å². The normalized spacial score (nSPS) is 15.4. The van der Waals surface area contributed by atoms with E-state index in [9.17, 15) is 14.4 Å². The molecular formula is C20H24N4O6S. The number of carbonyl (C=O) groups excluding carboxylic acids is 2. The zero-order chi connectivity index (χ0) is 22.0. The number of rotatable bonds is 5. The molecule has 0 aliphatic carbocycles. The summed E-state index contributed by atoms with van der Waals surface area (Å²) in [4.78, 5) is 43.6. The lowest BCUT2D eigenvalue weighted by atomic mass is 10.2. The third kappa shape index (κ3) is 4.36. The minimum atomic E-state index is -0.345. The van der Waals surface area contributed by atoms with Crippen LogP contribution in [0.15, 0.2) is 16.9 Å². The van der Waals surface area contributed by atoms with E-state index in [0.717, 1.165) is 0 Å². The van der Waals surface area contributed by atoms with E-state index < -0.39 is 0 Å². The van der Waals surface area contributed by atoms with Gasteiger partial charge < -0.3 is 29.0 Å². The van der Waals surface area contributed by atoms with Gasteiger partial charge in [0, 0.05) is 45.2 Å². The van der Waals surface area contributed by atoms with Crippen molar-refractivity contribution in [3.63, 3.8) is 0 Å². The molecule has 0 bridgehead atoms. The summed E-state index contributed by atoms with van der Waals surface area (Å²) in [5.74, 6) is 1.10. The molecule has 0 atom stereocenters. The Hall–Kier alpha value is -3.08. The van der Waals surface area contributed by atoms with Crippen molar-refractivity contribution >= 4 is 35.1 Å². The highest BCUT2D eigenvalue weighted by Gasteiger charge is 2.24. The number of piperazine rings is 1. The molecule has 0 radical (unpaired) electrons. The number of carbonyl (C=O) groups is 2. The summed E-state index contributed by atoms with van der Waals surface area (Å²) in [5, 5.41) is 0.458. The van der Waals surface area contributed by atoms with Gasteiger partial charge in [-0.25, -0.2) is 4.79 Å². The topological polar surface area (TPSA) is 106 Å². The second-order valence-electron chi connectivity index (χ2n) is 7.31. The molecule has 2 aromatic rings. The lowest BCUT2D eigenvalue weighted by Gasteiger charge is -2.34. The SMILES string of the molecule is CCOC(=O)N1CCN(C(=O)CCCn2c(=S)[nH]c3cc4c(cc3c2=O)OCO4)CC1. The van der Waals surface area contributed by atoms with Crippen molar-refractivity contribution in [3.05, 3.63) is 27.3 Å². The first kappa shape index (κ1) is 21.2. The molecule has 166 valence electrons. The minimum Gasteiger partial charge on any atom is -0.454 e. The number of nitrogens with one attached hydrogen (secondary N) is 1. The fraction of sp³-hybridized carbons (Fsp3) is 0.500. The van der Waals surface area contributed by atoms with Crippen LogP contribution in [0.1, 0.15) is 19.8 Å². The van der Waals surface area contributed by atoms with E-state index in [2.05, 4.69) is 4.98 Å². The standard InChI is InChI=1S/C20H24N4O6S/c1-2-28-20(27)23-8-6-22(7-9-23)17(25)4-3-5-24-18(26)13-10-15-16(30-12-29-15)11-14(13)21-19(24)31/h10-11H,2-9,12H2,1H3,(H,21,31). The molecule has 4 rings (SSSR count). The first-order valence-corrected chi connectivity index (χ1v) is 10.6. The van der Waals surface area contributed by atoms with Crippen molar-refractivity contribution < 1.29 is 23.8 Å². The molecule has 1 saturated heterocycles. The van der Waals surface area contributed by atoms with Gasteiger partial charge in [0.2, 0.25) is 12.7 Å². The highest BCUT2D eigenvalue weighted by atomic mass is 32.1. The number of ether oxygens (including phenoxy) is 3. The molecule has 2 aliphatic rings. The Morgan fingerprint density at radius 1 is 1.13 bits per heavy atom. The van der Waals surface area contributed by atoms with E-state index >= 15 is 0 Å². The Labute approximate surface area is 183 Å². The summed E-state index contributed by atoms with van der Waals surface area (Å²) in [5.41, 5.74) is 0.360. The molecule has 31 heavy (non-hydrogen) atoms. The number of amides is 2. The van der Waals surface area contributed by atoms with Gasteiger partial charge in [0.15, 0.2) is 16.3 Å². The molecule has 1 aromatic carbocycles. The van der Waals surface area contributed by atoms with E-state index in [1.54, 1.807) is 28.9 Å². The molecule has 3 heterocycles. The second kappa shape index (κ2) is 8.96. The van der Waals surface area contributed by atoms with Gasteiger partial charge in [-0.2, -0.15) is 0 Å². The van der Waals surface area contributed by atoms with Gasteiger partial charge in [0.1, 0.15) is 0 Å². The van der Waals surface area contributed by atoms with Gasteiger partial charge in [0.05, 0.1) is 17.5 Å². The lowest BCUT2D eigenvalue weighted by Crippen LogP contribution is -2.50. The van der Waals surface area contributed by atoms with Crippen molar-refractivity contribution in [1.82, 2.24) is 19.4 Å². The number of aromatic amines is 1. The monoisotopic (exact) mass is 448 g/mol. The van der Waals surface area contributed by atoms with Crippen LogP contribution in [-0.4, -0.2) is 70.9 Å². The predicted molar refractivity (Wildman–Crippen MR) is 114 cm³/mol. The molecule has 0 spiro atoms. The number of benzene rings is 1. The van der Waals surface area contributed by atoms with E-state index in [-0.39, 0.29) is 24.4 Å². The maximum absolute atomic E-state index is 12.9. The third-order valence-electron chi connectivity index (χ3n) is 5.41. The van der Waals surface area contributed by atoms with Crippen molar-refractivity contribution in [3.8, 4) is 11.5 Å². The average Bonchev–Trinajstić information content (AvgIpc) is 3.22. The predicted octanol–water partition coefficient (Wildman–Crippen LogP) is 1.87. The Kier molecular flexibility index (Phi) is 6.12. The first-order chi connectivity index (χ1) is 15.0. The smallest absolute Gasteiger partial charge is 0.409 e. The first-order valence-electron chi connectivity index (χ1n) is 10.2. The number of H-pyrrole nitrogens is 1. The number of fused-ring (bicyclic) bond motifs is 2. The van der Waals surface area contributed by atoms with Crippen LogP contribution in [0.5, 0.6) is 11.5 Å². The zero-order valence-corrected chi connectivity index (χ0v) is 18.0. The Morgan fingerprint density at radius 3 is 2.52 bits per heavy atom. The average molecular weight is 449 g/mol. The minimum absolute atomic E-state index is 0.00406. The summed E-state index contributed by atoms with van der Waals surface area (Å²) >= 11 is 5.35. The van der Waals surface area contributed by atoms with Crippen molar-refractivity contribution in [2.75, 3.05) is 39.6 Å². The summed E-state index contributed by atoms with van der Waals surface area (Å²) in [6, 6.07) is 3.36. The molecule has 2 amide bonds. The fourth-order valence-corrected chi connectivity index (χ4v) is 4.03. The van der Waals surface area contributed by atoms with Crippen LogP contribution in [0.2, 0.25) is 0 Å². The number of hydrogen-bond donors (Lipinski definition) is 1. The second-order valence-corrected chi connectivity index (χ2v) is 7.70. The van der Waals surface area contributed by atoms with Crippen LogP contribution in [-0.2, 0) is 16.1 Å². The number of hydrogen-bond acceptors (Lipinski definition) is 7. The third-order valence-corrected chi connectivity index (χ3v) is 5.73. The quantitative estimate of drug-likeness (QED) is 0.696. The molecule has 1 fully saturated rings. The molecule has 1 N–H and O–H groups in total. The van der Waals surface area contributed by atoms with E-state index in [1.165, 1.54) is 4.57 Å². The van der Waals surface area contributed by atoms with E-state index in [1.807, 2.05) is 0 Å². The van der Waals surface area contributed by atoms with Crippen molar-refractivity contribution in [1.29, 1.82) is 0 Å². The van der Waals surface area contributed by atoms with Crippen LogP contribution in [0.3, 0.4) is 0 Å². The Morgan fingerprint density at radius 2 is 1.81 bits per heavy atom. The maximum Gasteiger partial charge on any atom is 0.409 e. The van der Waals surface area contributed by atoms with Gasteiger partial charge in [0.25, 0.3) is 5.56 Å². The van der Waals surface area contributed by atoms with Gasteiger partial charge in [-0.15, -0.1) is 0 Å². The van der Waals surface area contributed by atoms with Gasteiger partial charge in [-0.1, -0.05) is 0 Å². The highest BCUT2D eigenvalue weighted by molar-refractivity contribution is 7.71. The fourth-order valence-electron chi connectivity index (χ4n) is 3.75. The largest absolute Gasteiger partial charge is 0.454 e. The summed E-state index contributed by atoms with van der Waals surface area (Å²) < 4.78 is 17.4. The molecule has 1 aromatic heterocycles. The van der Waals surface area contributed by atoms with Gasteiger partial charge in [-0.05, 0) is 31.6 Å². The van der Waals surface area contributed by atoms with Crippen LogP contribution in [0.4, 0.5) is 4.79 Å². The zero-order valence-electron chi connectivity index (χ0n) is 17.2. The Balaban J connectivity index is 1.36. The molecular weight excluding hydrogens is 424 g/mol. The molecule has 11 heteroatoms. The maximum atomic E-state index is 12.9. The molecule has 2 aliphatic heterocycles. The highest BCUT2D eigenvalue weighted by Crippen LogP contribution is 2.34. The van der Waals surface area contributed by atoms with E-state index in [4.69, 9.17) is 26.4 Å². The summed E-state index contributed by atoms with van der Waals surface area (Å²) in [6.07, 6.45) is 0.423. The summed E-state index contributed by atoms with van der Waals surface area (Å²) in [6.45, 7) is 4.40. The Bertz CT molecular complexity index is 1120. The van der Waals surface area contributed by atoms with Crippen LogP contribution in [0, 0.1) is 4.77 Å². The van der Waals surface area contributed by atoms with Gasteiger partial charge in [-0.3, -0.25) is 14.2 Å². The van der Waals surface area contributed by atoms with Gasteiger partial charge >= 0.3 is 6.09 Å². The van der Waals surface area contributed by atoms with Crippen LogP contribution < -0.4 is 15.0 Å². The van der Waals surface area contributed by atoms with Crippen LogP contribution in [0.25, 0.3) is 10.9 Å². The lowest BCUT2D eigenvalue weighted by molar-refractivity contribution is -0.132. The van der Waals surface area contributed by atoms with Crippen molar-refractivity contribution in [2.24, 2.45) is 0 Å². The molecule has 0 saturated carbocycles. The number of aromatic nitrogens is 2. The summed E-state index contributed by atoms with van der Waals surface area (Å²) in [7, 11) is 0. The van der Waals surface area contributed by atoms with E-state index in [0.29, 0.717) is 79.3 Å².